The molecule has 8 heteroatoms. The minimum Gasteiger partial charge on any atom is -0.478 e. The lowest BCUT2D eigenvalue weighted by Gasteiger charge is -2.12. The van der Waals surface area contributed by atoms with Crippen molar-refractivity contribution in [3.8, 4) is 0 Å². The van der Waals surface area contributed by atoms with Crippen molar-refractivity contribution in [2.75, 3.05) is 14.1 Å². The Bertz CT molecular complexity index is 599. The van der Waals surface area contributed by atoms with Crippen LogP contribution in [-0.2, 0) is 4.79 Å². The van der Waals surface area contributed by atoms with E-state index in [4.69, 9.17) is 17.3 Å². The number of carboxylic acids is 1. The van der Waals surface area contributed by atoms with Crippen molar-refractivity contribution in [3.63, 3.8) is 0 Å². The van der Waals surface area contributed by atoms with Crippen molar-refractivity contribution < 1.29 is 14.7 Å². The molecule has 1 saturated heterocycles. The predicted molar refractivity (Wildman–Crippen MR) is 74.8 cm³/mol. The molecule has 0 aromatic heterocycles. The number of likely N-dealkylation sites (N-methyl/N-ethyl adjacent to an activating group) is 2. The van der Waals surface area contributed by atoms with Crippen LogP contribution in [0.25, 0.3) is 0 Å². The summed E-state index contributed by atoms with van der Waals surface area (Å²) in [6.45, 7) is 0. The molecular weight excluding hydrogens is 280 g/mol. The van der Waals surface area contributed by atoms with Crippen LogP contribution in [0.15, 0.2) is 34.5 Å². The Hall–Kier alpha value is -2.35. The van der Waals surface area contributed by atoms with Crippen molar-refractivity contribution in [1.82, 2.24) is 9.80 Å². The first kappa shape index (κ1) is 14.1. The smallest absolute Gasteiger partial charge is 0.335 e. The largest absolute Gasteiger partial charge is 0.478 e. The maximum Gasteiger partial charge on any atom is 0.335 e. The first-order valence-electron chi connectivity index (χ1n) is 5.70. The van der Waals surface area contributed by atoms with Crippen molar-refractivity contribution in [1.29, 1.82) is 0 Å². The molecule has 1 fully saturated rings. The van der Waals surface area contributed by atoms with E-state index in [9.17, 15) is 9.59 Å². The molecule has 1 atom stereocenters. The molecule has 7 nitrogen and oxygen atoms in total. The fraction of sp³-hybridized carbons (Fsp3) is 0.250. The SMILES string of the molecule is CN1C(=O)[C@H](N=Nc2ccc(C(=O)O)cc2)N(C)C1=S. The number of hydrogen-bond acceptors (Lipinski definition) is 5. The lowest BCUT2D eigenvalue weighted by molar-refractivity contribution is -0.127. The highest BCUT2D eigenvalue weighted by Crippen LogP contribution is 2.19. The van der Waals surface area contributed by atoms with Crippen LogP contribution >= 0.6 is 12.2 Å². The van der Waals surface area contributed by atoms with Crippen LogP contribution < -0.4 is 0 Å². The Kier molecular flexibility index (Phi) is 3.75. The van der Waals surface area contributed by atoms with Crippen molar-refractivity contribution >= 4 is 34.9 Å². The fourth-order valence-corrected chi connectivity index (χ4v) is 1.88. The number of hydrogen-bond donors (Lipinski definition) is 1. The average Bonchev–Trinajstić information content (AvgIpc) is 2.62. The van der Waals surface area contributed by atoms with Gasteiger partial charge in [0.15, 0.2) is 5.11 Å². The topological polar surface area (TPSA) is 85.6 Å². The van der Waals surface area contributed by atoms with Crippen LogP contribution in [0.5, 0.6) is 0 Å². The highest BCUT2D eigenvalue weighted by molar-refractivity contribution is 7.80. The van der Waals surface area contributed by atoms with E-state index >= 15 is 0 Å². The zero-order chi connectivity index (χ0) is 14.9. The van der Waals surface area contributed by atoms with E-state index < -0.39 is 12.1 Å². The number of rotatable bonds is 3. The molecule has 104 valence electrons. The molecule has 20 heavy (non-hydrogen) atoms. The molecule has 1 N–H and O–H groups in total. The summed E-state index contributed by atoms with van der Waals surface area (Å²) in [5, 5.41) is 17.1. The first-order chi connectivity index (χ1) is 9.41. The van der Waals surface area contributed by atoms with E-state index in [-0.39, 0.29) is 11.5 Å². The minimum absolute atomic E-state index is 0.166. The van der Waals surface area contributed by atoms with Gasteiger partial charge in [-0.15, -0.1) is 0 Å². The van der Waals surface area contributed by atoms with Gasteiger partial charge in [0.05, 0.1) is 11.3 Å². The Morgan fingerprint density at radius 2 is 1.90 bits per heavy atom. The third-order valence-corrected chi connectivity index (χ3v) is 3.47. The number of nitrogens with zero attached hydrogens (tertiary/aromatic N) is 4. The summed E-state index contributed by atoms with van der Waals surface area (Å²) in [7, 11) is 3.25. The van der Waals surface area contributed by atoms with E-state index in [0.29, 0.717) is 10.8 Å². The molecule has 0 saturated carbocycles. The monoisotopic (exact) mass is 292 g/mol. The Labute approximate surface area is 120 Å². The van der Waals surface area contributed by atoms with E-state index in [2.05, 4.69) is 10.2 Å². The molecule has 0 unspecified atom stereocenters. The maximum absolute atomic E-state index is 11.9. The molecule has 1 aliphatic heterocycles. The molecule has 1 aliphatic rings. The summed E-state index contributed by atoms with van der Waals surface area (Å²) in [4.78, 5) is 25.5. The molecule has 0 spiro atoms. The van der Waals surface area contributed by atoms with Gasteiger partial charge in [0.25, 0.3) is 5.91 Å². The van der Waals surface area contributed by atoms with Gasteiger partial charge >= 0.3 is 5.97 Å². The number of carboxylic acid groups (broad SMARTS) is 1. The van der Waals surface area contributed by atoms with Crippen LogP contribution in [-0.4, -0.2) is 52.2 Å². The van der Waals surface area contributed by atoms with E-state index in [1.807, 2.05) is 0 Å². The van der Waals surface area contributed by atoms with Gasteiger partial charge in [0.2, 0.25) is 6.17 Å². The average molecular weight is 292 g/mol. The minimum atomic E-state index is -1.01. The summed E-state index contributed by atoms with van der Waals surface area (Å²) in [6.07, 6.45) is -0.772. The number of carbonyl (C=O) groups is 2. The number of benzene rings is 1. The quantitative estimate of drug-likeness (QED) is 0.673. The van der Waals surface area contributed by atoms with Gasteiger partial charge in [-0.1, -0.05) is 0 Å². The summed E-state index contributed by atoms with van der Waals surface area (Å²) in [6, 6.07) is 5.89. The fourth-order valence-electron chi connectivity index (χ4n) is 1.69. The summed E-state index contributed by atoms with van der Waals surface area (Å²) in [5.74, 6) is -1.26. The van der Waals surface area contributed by atoms with Crippen molar-refractivity contribution in [2.45, 2.75) is 6.17 Å². The van der Waals surface area contributed by atoms with Gasteiger partial charge < -0.3 is 10.0 Å². The highest BCUT2D eigenvalue weighted by Gasteiger charge is 2.38. The second-order valence-corrected chi connectivity index (χ2v) is 4.60. The molecule has 1 aromatic rings. The third-order valence-electron chi connectivity index (χ3n) is 2.90. The predicted octanol–water partition coefficient (Wildman–Crippen LogP) is 1.48. The second kappa shape index (κ2) is 5.33. The van der Waals surface area contributed by atoms with Gasteiger partial charge in [-0.3, -0.25) is 9.69 Å². The van der Waals surface area contributed by atoms with Gasteiger partial charge in [0.1, 0.15) is 0 Å². The van der Waals surface area contributed by atoms with Crippen LogP contribution in [0, 0.1) is 0 Å². The Morgan fingerprint density at radius 3 is 2.35 bits per heavy atom. The number of amides is 1. The molecule has 0 bridgehead atoms. The number of carbonyl (C=O) groups excluding carboxylic acids is 1. The summed E-state index contributed by atoms with van der Waals surface area (Å²) < 4.78 is 0. The molecule has 2 rings (SSSR count). The number of azo groups is 1. The summed E-state index contributed by atoms with van der Waals surface area (Å²) in [5.41, 5.74) is 0.635. The first-order valence-corrected chi connectivity index (χ1v) is 6.11. The highest BCUT2D eigenvalue weighted by atomic mass is 32.1. The van der Waals surface area contributed by atoms with Crippen molar-refractivity contribution in [3.05, 3.63) is 29.8 Å². The molecule has 1 amide bonds. The van der Waals surface area contributed by atoms with Crippen LogP contribution in [0.1, 0.15) is 10.4 Å². The van der Waals surface area contributed by atoms with Crippen LogP contribution in [0.3, 0.4) is 0 Å². The standard InChI is InChI=1S/C12H12N4O3S/c1-15-9(10(17)16(2)12(15)20)14-13-8-5-3-7(4-6-8)11(18)19/h3-6,9H,1-2H3,(H,18,19)/t9-/m1/s1. The van der Waals surface area contributed by atoms with Gasteiger partial charge in [-0.05, 0) is 36.5 Å². The number of thiocarbonyl (C=S) groups is 1. The lowest BCUT2D eigenvalue weighted by atomic mass is 10.2. The zero-order valence-corrected chi connectivity index (χ0v) is 11.7. The van der Waals surface area contributed by atoms with Gasteiger partial charge in [0, 0.05) is 14.1 Å². The van der Waals surface area contributed by atoms with Gasteiger partial charge in [-0.2, -0.15) is 10.2 Å². The van der Waals surface area contributed by atoms with E-state index in [1.165, 1.54) is 29.2 Å². The number of aromatic carboxylic acids is 1. The maximum atomic E-state index is 11.9. The van der Waals surface area contributed by atoms with Crippen molar-refractivity contribution in [2.24, 2.45) is 10.2 Å². The third kappa shape index (κ3) is 2.50. The molecule has 0 aliphatic carbocycles. The summed E-state index contributed by atoms with van der Waals surface area (Å²) >= 11 is 5.06. The normalized spacial score (nSPS) is 19.2. The van der Waals surface area contributed by atoms with Gasteiger partial charge in [-0.25, -0.2) is 4.79 Å². The zero-order valence-electron chi connectivity index (χ0n) is 10.8. The molecular formula is C12H12N4O3S. The second-order valence-electron chi connectivity index (χ2n) is 4.23. The Morgan fingerprint density at radius 1 is 1.30 bits per heavy atom. The van der Waals surface area contributed by atoms with E-state index in [1.54, 1.807) is 19.0 Å². The van der Waals surface area contributed by atoms with E-state index in [0.717, 1.165) is 0 Å². The molecule has 1 aromatic carbocycles. The van der Waals surface area contributed by atoms with Crippen LogP contribution in [0.2, 0.25) is 0 Å². The lowest BCUT2D eigenvalue weighted by Crippen LogP contribution is -2.28. The molecule has 0 radical (unpaired) electrons. The Balaban J connectivity index is 2.15. The molecule has 1 heterocycles. The van der Waals surface area contributed by atoms with Crippen LogP contribution in [0.4, 0.5) is 5.69 Å².